The Morgan fingerprint density at radius 2 is 1.00 bits per heavy atom. The molecule has 0 spiro atoms. The average Bonchev–Trinajstić information content (AvgIpc) is 2.85. The molecule has 0 aliphatic rings. The van der Waals surface area contributed by atoms with E-state index in [4.69, 9.17) is 9.98 Å². The fourth-order valence-corrected chi connectivity index (χ4v) is 4.29. The van der Waals surface area contributed by atoms with E-state index in [9.17, 15) is 0 Å². The predicted molar refractivity (Wildman–Crippen MR) is 153 cm³/mol. The van der Waals surface area contributed by atoms with E-state index in [1.807, 2.05) is 0 Å². The molecule has 0 heterocycles. The molecule has 2 aromatic carbocycles. The van der Waals surface area contributed by atoms with Crippen molar-refractivity contribution >= 4 is 22.8 Å². The molecular weight excluding hydrogens is 412 g/mol. The molecule has 0 unspecified atom stereocenters. The lowest BCUT2D eigenvalue weighted by atomic mass is 9.99. The zero-order valence-electron chi connectivity index (χ0n) is 22.4. The number of nitrogens with zero attached hydrogens (tertiary/aromatic N) is 2. The van der Waals surface area contributed by atoms with E-state index in [2.05, 4.69) is 76.2 Å². The van der Waals surface area contributed by atoms with Gasteiger partial charge in [0.25, 0.3) is 0 Å². The summed E-state index contributed by atoms with van der Waals surface area (Å²) in [6.07, 6.45) is 16.6. The molecule has 186 valence electrons. The summed E-state index contributed by atoms with van der Waals surface area (Å²) in [5, 5.41) is 0. The molecule has 0 N–H and O–H groups in total. The Kier molecular flexibility index (Phi) is 14.2. The molecule has 0 amide bonds. The van der Waals surface area contributed by atoms with Crippen LogP contribution in [0.25, 0.3) is 0 Å². The largest absolute Gasteiger partial charge is 0.252 e. The Labute approximate surface area is 210 Å². The standard InChI is InChI=1S/C32H48N2/c1-5-9-14-18-27-24-28(19-15-10-6-2)26-30(25-27)34-32(23-12-8-4)31(22-11-7-3)33-29-20-16-13-17-21-29/h13,16-17,20-21,24-26H,5-12,14-15,18-19,22-23H2,1-4H3. The monoisotopic (exact) mass is 460 g/mol. The maximum absolute atomic E-state index is 5.31. The number of benzene rings is 2. The van der Waals surface area contributed by atoms with Crippen molar-refractivity contribution in [3.8, 4) is 0 Å². The average molecular weight is 461 g/mol. The number of rotatable bonds is 17. The van der Waals surface area contributed by atoms with Gasteiger partial charge in [0.2, 0.25) is 0 Å². The predicted octanol–water partition coefficient (Wildman–Crippen LogP) is 10.4. The first-order valence-electron chi connectivity index (χ1n) is 14.0. The van der Waals surface area contributed by atoms with E-state index in [1.54, 1.807) is 0 Å². The van der Waals surface area contributed by atoms with Crippen LogP contribution in [0.3, 0.4) is 0 Å². The molecule has 2 nitrogen and oxygen atoms in total. The van der Waals surface area contributed by atoms with Gasteiger partial charge in [0.1, 0.15) is 0 Å². The van der Waals surface area contributed by atoms with Gasteiger partial charge in [0.05, 0.1) is 22.8 Å². The van der Waals surface area contributed by atoms with E-state index in [0.29, 0.717) is 0 Å². The van der Waals surface area contributed by atoms with Gasteiger partial charge in [-0.1, -0.05) is 90.5 Å². The van der Waals surface area contributed by atoms with Crippen LogP contribution < -0.4 is 0 Å². The Hall–Kier alpha value is -2.22. The summed E-state index contributed by atoms with van der Waals surface area (Å²) in [5.74, 6) is 0. The number of hydrogen-bond acceptors (Lipinski definition) is 2. The number of aryl methyl sites for hydroxylation is 2. The lowest BCUT2D eigenvalue weighted by molar-refractivity contribution is 0.709. The highest BCUT2D eigenvalue weighted by atomic mass is 14.8. The summed E-state index contributed by atoms with van der Waals surface area (Å²) in [7, 11) is 0. The van der Waals surface area contributed by atoms with Crippen LogP contribution in [0.2, 0.25) is 0 Å². The van der Waals surface area contributed by atoms with Gasteiger partial charge in [0, 0.05) is 0 Å². The Bertz CT molecular complexity index is 836. The molecule has 0 aliphatic heterocycles. The fraction of sp³-hybridized carbons (Fsp3) is 0.562. The van der Waals surface area contributed by atoms with Gasteiger partial charge < -0.3 is 0 Å². The van der Waals surface area contributed by atoms with Crippen molar-refractivity contribution < 1.29 is 0 Å². The third-order valence-corrected chi connectivity index (χ3v) is 6.33. The van der Waals surface area contributed by atoms with Crippen LogP contribution in [-0.2, 0) is 12.8 Å². The van der Waals surface area contributed by atoms with Crippen LogP contribution in [0.4, 0.5) is 11.4 Å². The molecule has 2 aromatic rings. The second-order valence-electron chi connectivity index (χ2n) is 9.58. The van der Waals surface area contributed by atoms with E-state index in [-0.39, 0.29) is 0 Å². The molecule has 34 heavy (non-hydrogen) atoms. The zero-order valence-corrected chi connectivity index (χ0v) is 22.4. The molecule has 0 bridgehead atoms. The van der Waals surface area contributed by atoms with Gasteiger partial charge in [-0.05, 0) is 86.8 Å². The van der Waals surface area contributed by atoms with Crippen molar-refractivity contribution in [2.45, 2.75) is 118 Å². The molecule has 0 aromatic heterocycles. The van der Waals surface area contributed by atoms with Crippen molar-refractivity contribution in [1.82, 2.24) is 0 Å². The second-order valence-corrected chi connectivity index (χ2v) is 9.58. The highest BCUT2D eigenvalue weighted by molar-refractivity contribution is 6.43. The highest BCUT2D eigenvalue weighted by Crippen LogP contribution is 2.24. The third kappa shape index (κ3) is 10.8. The smallest absolute Gasteiger partial charge is 0.0639 e. The zero-order chi connectivity index (χ0) is 24.4. The van der Waals surface area contributed by atoms with E-state index in [0.717, 1.165) is 49.9 Å². The number of hydrogen-bond donors (Lipinski definition) is 0. The molecule has 0 fully saturated rings. The first kappa shape index (κ1) is 28.0. The topological polar surface area (TPSA) is 24.7 Å². The van der Waals surface area contributed by atoms with Crippen LogP contribution in [0, 0.1) is 0 Å². The van der Waals surface area contributed by atoms with Crippen molar-refractivity contribution in [3.63, 3.8) is 0 Å². The number of unbranched alkanes of at least 4 members (excludes halogenated alkanes) is 6. The summed E-state index contributed by atoms with van der Waals surface area (Å²) in [6.45, 7) is 9.07. The van der Waals surface area contributed by atoms with E-state index >= 15 is 0 Å². The summed E-state index contributed by atoms with van der Waals surface area (Å²) < 4.78 is 0. The van der Waals surface area contributed by atoms with Crippen molar-refractivity contribution in [2.24, 2.45) is 9.98 Å². The Balaban J connectivity index is 2.44. The van der Waals surface area contributed by atoms with E-state index in [1.165, 1.54) is 73.9 Å². The number of para-hydroxylation sites is 1. The van der Waals surface area contributed by atoms with Crippen LogP contribution in [0.1, 0.15) is 116 Å². The lowest BCUT2D eigenvalue weighted by Gasteiger charge is -2.13. The van der Waals surface area contributed by atoms with Gasteiger partial charge >= 0.3 is 0 Å². The minimum atomic E-state index is 0.994. The van der Waals surface area contributed by atoms with Gasteiger partial charge in [-0.3, -0.25) is 9.98 Å². The minimum absolute atomic E-state index is 0.994. The third-order valence-electron chi connectivity index (χ3n) is 6.33. The van der Waals surface area contributed by atoms with Gasteiger partial charge in [-0.2, -0.15) is 0 Å². The van der Waals surface area contributed by atoms with E-state index < -0.39 is 0 Å². The van der Waals surface area contributed by atoms with Crippen molar-refractivity contribution in [1.29, 1.82) is 0 Å². The molecule has 2 rings (SSSR count). The quantitative estimate of drug-likeness (QED) is 0.166. The van der Waals surface area contributed by atoms with Crippen LogP contribution in [-0.4, -0.2) is 11.4 Å². The maximum Gasteiger partial charge on any atom is 0.0639 e. The Morgan fingerprint density at radius 3 is 1.47 bits per heavy atom. The summed E-state index contributed by atoms with van der Waals surface area (Å²) >= 11 is 0. The van der Waals surface area contributed by atoms with Crippen LogP contribution in [0.15, 0.2) is 58.5 Å². The summed E-state index contributed by atoms with van der Waals surface area (Å²) in [4.78, 5) is 10.4. The highest BCUT2D eigenvalue weighted by Gasteiger charge is 2.11. The molecule has 0 saturated carbocycles. The molecular formula is C32H48N2. The van der Waals surface area contributed by atoms with Crippen LogP contribution in [0.5, 0.6) is 0 Å². The number of aliphatic imine (C=N–C) groups is 2. The van der Waals surface area contributed by atoms with Crippen molar-refractivity contribution in [2.75, 3.05) is 0 Å². The van der Waals surface area contributed by atoms with Gasteiger partial charge in [0.15, 0.2) is 0 Å². The summed E-state index contributed by atoms with van der Waals surface area (Å²) in [6, 6.07) is 17.5. The van der Waals surface area contributed by atoms with Crippen LogP contribution >= 0.6 is 0 Å². The Morgan fingerprint density at radius 1 is 0.529 bits per heavy atom. The first-order valence-corrected chi connectivity index (χ1v) is 14.0. The molecule has 0 aliphatic carbocycles. The normalized spacial score (nSPS) is 12.4. The summed E-state index contributed by atoms with van der Waals surface area (Å²) in [5.41, 5.74) is 7.42. The second kappa shape index (κ2) is 17.2. The minimum Gasteiger partial charge on any atom is -0.252 e. The molecule has 0 atom stereocenters. The molecule has 0 radical (unpaired) electrons. The SMILES string of the molecule is CCCCCc1cc(CCCCC)cc(N=C(CCCC)C(CCCC)=Nc2ccccc2)c1. The molecule has 0 saturated heterocycles. The lowest BCUT2D eigenvalue weighted by Crippen LogP contribution is -2.14. The van der Waals surface area contributed by atoms with Gasteiger partial charge in [-0.15, -0.1) is 0 Å². The molecule has 2 heteroatoms. The first-order chi connectivity index (χ1) is 16.7. The maximum atomic E-state index is 5.31. The fourth-order valence-electron chi connectivity index (χ4n) is 4.29. The van der Waals surface area contributed by atoms with Crippen molar-refractivity contribution in [3.05, 3.63) is 59.7 Å². The van der Waals surface area contributed by atoms with Gasteiger partial charge in [-0.25, -0.2) is 0 Å².